The second-order valence-corrected chi connectivity index (χ2v) is 6.56. The number of hydrogen-bond donors (Lipinski definition) is 0. The third kappa shape index (κ3) is 9.49. The highest BCUT2D eigenvalue weighted by molar-refractivity contribution is 4.79. The van der Waals surface area contributed by atoms with Crippen LogP contribution >= 0.6 is 0 Å². The van der Waals surface area contributed by atoms with Crippen LogP contribution in [0.2, 0.25) is 0 Å². The van der Waals surface area contributed by atoms with Crippen LogP contribution in [0.1, 0.15) is 98.3 Å². The second-order valence-electron chi connectivity index (χ2n) is 6.56. The van der Waals surface area contributed by atoms with E-state index in [4.69, 9.17) is 4.74 Å². The molecule has 0 N–H and O–H groups in total. The van der Waals surface area contributed by atoms with Gasteiger partial charge in [0.15, 0.2) is 0 Å². The van der Waals surface area contributed by atoms with Crippen LogP contribution in [0.5, 0.6) is 0 Å². The van der Waals surface area contributed by atoms with Crippen LogP contribution in [-0.4, -0.2) is 12.7 Å². The molecule has 0 aliphatic carbocycles. The topological polar surface area (TPSA) is 9.23 Å². The lowest BCUT2D eigenvalue weighted by Crippen LogP contribution is -2.33. The molecule has 0 rings (SSSR count). The Morgan fingerprint density at radius 1 is 0.737 bits per heavy atom. The van der Waals surface area contributed by atoms with Gasteiger partial charge >= 0.3 is 0 Å². The van der Waals surface area contributed by atoms with Crippen LogP contribution < -0.4 is 0 Å². The molecule has 1 unspecified atom stereocenters. The van der Waals surface area contributed by atoms with Crippen molar-refractivity contribution in [3.8, 4) is 0 Å². The van der Waals surface area contributed by atoms with E-state index in [0.717, 1.165) is 5.92 Å². The zero-order chi connectivity index (χ0) is 14.6. The van der Waals surface area contributed by atoms with Crippen LogP contribution in [0, 0.1) is 5.92 Å². The van der Waals surface area contributed by atoms with Crippen molar-refractivity contribution in [2.45, 2.75) is 104 Å². The number of unbranched alkanes of at least 4 members (excludes halogenated alkanes) is 7. The Kier molecular flexibility index (Phi) is 11.7. The lowest BCUT2D eigenvalue weighted by molar-refractivity contribution is -0.0352. The van der Waals surface area contributed by atoms with E-state index < -0.39 is 0 Å². The van der Waals surface area contributed by atoms with Gasteiger partial charge < -0.3 is 4.74 Å². The van der Waals surface area contributed by atoms with Crippen LogP contribution in [0.25, 0.3) is 0 Å². The summed E-state index contributed by atoms with van der Waals surface area (Å²) in [5.41, 5.74) is 0.0526. The van der Waals surface area contributed by atoms with Crippen molar-refractivity contribution in [3.63, 3.8) is 0 Å². The first kappa shape index (κ1) is 19.0. The van der Waals surface area contributed by atoms with E-state index in [0.29, 0.717) is 0 Å². The number of ether oxygens (including phenoxy) is 1. The van der Waals surface area contributed by atoms with Crippen LogP contribution in [-0.2, 0) is 4.74 Å². The van der Waals surface area contributed by atoms with Gasteiger partial charge in [0.1, 0.15) is 0 Å². The van der Waals surface area contributed by atoms with Gasteiger partial charge in [-0.3, -0.25) is 0 Å². The maximum atomic E-state index is 5.74. The molecular formula is C18H38O. The largest absolute Gasteiger partial charge is 0.379 e. The number of hydrogen-bond acceptors (Lipinski definition) is 1. The van der Waals surface area contributed by atoms with Gasteiger partial charge in [-0.05, 0) is 32.6 Å². The molecule has 0 spiro atoms. The number of rotatable bonds is 13. The minimum atomic E-state index is 0.0526. The molecule has 0 aliphatic heterocycles. The molecule has 0 amide bonds. The maximum Gasteiger partial charge on any atom is 0.0650 e. The van der Waals surface area contributed by atoms with Crippen LogP contribution in [0.4, 0.5) is 0 Å². The molecule has 0 radical (unpaired) electrons. The Labute approximate surface area is 122 Å². The van der Waals surface area contributed by atoms with Crippen molar-refractivity contribution in [3.05, 3.63) is 0 Å². The molecule has 116 valence electrons. The highest BCUT2D eigenvalue weighted by atomic mass is 16.5. The summed E-state index contributed by atoms with van der Waals surface area (Å²) in [6.07, 6.45) is 15.1. The summed E-state index contributed by atoms with van der Waals surface area (Å²) < 4.78 is 5.74. The lowest BCUT2D eigenvalue weighted by atomic mass is 9.82. The van der Waals surface area contributed by atoms with Gasteiger partial charge in [-0.15, -0.1) is 0 Å². The first-order valence-electron chi connectivity index (χ1n) is 8.63. The molecule has 1 heteroatoms. The summed E-state index contributed by atoms with van der Waals surface area (Å²) in [7, 11) is 1.87. The SMILES string of the molecule is CCCCCCCC(CCCCCC)C(C)(C)OC. The summed E-state index contributed by atoms with van der Waals surface area (Å²) in [6, 6.07) is 0. The first-order chi connectivity index (χ1) is 9.08. The molecule has 0 fully saturated rings. The summed E-state index contributed by atoms with van der Waals surface area (Å²) in [5, 5.41) is 0. The average molecular weight is 271 g/mol. The standard InChI is InChI=1S/C18H38O/c1-6-8-10-12-14-16-17(18(3,4)19-5)15-13-11-9-7-2/h17H,6-16H2,1-5H3. The molecule has 0 aromatic heterocycles. The molecular weight excluding hydrogens is 232 g/mol. The quantitative estimate of drug-likeness (QED) is 0.354. The molecule has 0 saturated carbocycles. The van der Waals surface area contributed by atoms with Crippen molar-refractivity contribution in [2.75, 3.05) is 7.11 Å². The Bertz CT molecular complexity index is 186. The van der Waals surface area contributed by atoms with Crippen molar-refractivity contribution in [1.82, 2.24) is 0 Å². The fourth-order valence-corrected chi connectivity index (χ4v) is 2.82. The Balaban J connectivity index is 3.97. The summed E-state index contributed by atoms with van der Waals surface area (Å²) >= 11 is 0. The van der Waals surface area contributed by atoms with Gasteiger partial charge in [-0.1, -0.05) is 71.6 Å². The van der Waals surface area contributed by atoms with Gasteiger partial charge in [0.25, 0.3) is 0 Å². The van der Waals surface area contributed by atoms with Crippen molar-refractivity contribution >= 4 is 0 Å². The van der Waals surface area contributed by atoms with E-state index in [1.165, 1.54) is 70.6 Å². The van der Waals surface area contributed by atoms with E-state index >= 15 is 0 Å². The summed E-state index contributed by atoms with van der Waals surface area (Å²) in [5.74, 6) is 0.732. The summed E-state index contributed by atoms with van der Waals surface area (Å²) in [4.78, 5) is 0. The van der Waals surface area contributed by atoms with E-state index in [9.17, 15) is 0 Å². The molecule has 0 bridgehead atoms. The molecule has 0 aliphatic rings. The smallest absolute Gasteiger partial charge is 0.0650 e. The minimum absolute atomic E-state index is 0.0526. The monoisotopic (exact) mass is 270 g/mol. The van der Waals surface area contributed by atoms with Crippen molar-refractivity contribution < 1.29 is 4.74 Å². The van der Waals surface area contributed by atoms with Gasteiger partial charge in [-0.25, -0.2) is 0 Å². The van der Waals surface area contributed by atoms with Gasteiger partial charge in [0, 0.05) is 7.11 Å². The fraction of sp³-hybridized carbons (Fsp3) is 1.00. The van der Waals surface area contributed by atoms with E-state index in [1.807, 2.05) is 7.11 Å². The molecule has 0 aromatic carbocycles. The Hall–Kier alpha value is -0.0400. The molecule has 19 heavy (non-hydrogen) atoms. The van der Waals surface area contributed by atoms with Crippen molar-refractivity contribution in [1.29, 1.82) is 0 Å². The molecule has 0 saturated heterocycles. The second kappa shape index (κ2) is 11.8. The van der Waals surface area contributed by atoms with Crippen LogP contribution in [0.15, 0.2) is 0 Å². The average Bonchev–Trinajstić information content (AvgIpc) is 2.40. The predicted octanol–water partition coefficient (Wildman–Crippen LogP) is 6.36. The fourth-order valence-electron chi connectivity index (χ4n) is 2.82. The minimum Gasteiger partial charge on any atom is -0.379 e. The van der Waals surface area contributed by atoms with Gasteiger partial charge in [0.2, 0.25) is 0 Å². The predicted molar refractivity (Wildman–Crippen MR) is 86.7 cm³/mol. The lowest BCUT2D eigenvalue weighted by Gasteiger charge is -2.33. The van der Waals surface area contributed by atoms with Crippen molar-refractivity contribution in [2.24, 2.45) is 5.92 Å². The first-order valence-corrected chi connectivity index (χ1v) is 8.63. The Morgan fingerprint density at radius 3 is 1.58 bits per heavy atom. The van der Waals surface area contributed by atoms with E-state index in [2.05, 4.69) is 27.7 Å². The third-order valence-electron chi connectivity index (χ3n) is 4.57. The van der Waals surface area contributed by atoms with E-state index in [1.54, 1.807) is 0 Å². The third-order valence-corrected chi connectivity index (χ3v) is 4.57. The highest BCUT2D eigenvalue weighted by Crippen LogP contribution is 2.30. The molecule has 0 heterocycles. The molecule has 1 atom stereocenters. The van der Waals surface area contributed by atoms with E-state index in [-0.39, 0.29) is 5.60 Å². The highest BCUT2D eigenvalue weighted by Gasteiger charge is 2.28. The van der Waals surface area contributed by atoms with Gasteiger partial charge in [0.05, 0.1) is 5.60 Å². The molecule has 1 nitrogen and oxygen atoms in total. The zero-order valence-corrected chi connectivity index (χ0v) is 14.3. The number of methoxy groups -OCH3 is 1. The summed E-state index contributed by atoms with van der Waals surface area (Å²) in [6.45, 7) is 9.10. The molecule has 0 aromatic rings. The normalized spacial score (nSPS) is 13.7. The Morgan fingerprint density at radius 2 is 1.16 bits per heavy atom. The van der Waals surface area contributed by atoms with Gasteiger partial charge in [-0.2, -0.15) is 0 Å². The van der Waals surface area contributed by atoms with Crippen LogP contribution in [0.3, 0.4) is 0 Å². The zero-order valence-electron chi connectivity index (χ0n) is 14.3. The maximum absolute atomic E-state index is 5.74.